The van der Waals surface area contributed by atoms with Crippen LogP contribution in [-0.2, 0) is 5.75 Å². The van der Waals surface area contributed by atoms with Gasteiger partial charge in [-0.05, 0) is 42.3 Å². The largest absolute Gasteiger partial charge is 0.280 e. The number of para-hydroxylation sites is 1. The lowest BCUT2D eigenvalue weighted by Gasteiger charge is -2.20. The van der Waals surface area contributed by atoms with Gasteiger partial charge in [0, 0.05) is 5.75 Å². The van der Waals surface area contributed by atoms with Crippen LogP contribution in [0, 0.1) is 11.3 Å². The first-order chi connectivity index (χ1) is 14.2. The number of aromatic nitrogens is 2. The van der Waals surface area contributed by atoms with E-state index in [4.69, 9.17) is 10.2 Å². The summed E-state index contributed by atoms with van der Waals surface area (Å²) >= 11 is 1.51. The summed E-state index contributed by atoms with van der Waals surface area (Å²) in [5, 5.41) is 10.4. The highest BCUT2D eigenvalue weighted by molar-refractivity contribution is 7.98. The smallest absolute Gasteiger partial charge is 0.262 e. The zero-order valence-electron chi connectivity index (χ0n) is 15.9. The lowest BCUT2D eigenvalue weighted by atomic mass is 10.1. The molecule has 4 rings (SSSR count). The van der Waals surface area contributed by atoms with Gasteiger partial charge in [-0.1, -0.05) is 66.4 Å². The molecule has 0 spiro atoms. The molecule has 0 unspecified atom stereocenters. The van der Waals surface area contributed by atoms with Gasteiger partial charge in [-0.3, -0.25) is 9.36 Å². The molecule has 1 heterocycles. The van der Waals surface area contributed by atoms with Gasteiger partial charge in [0.25, 0.3) is 5.56 Å². The molecule has 0 saturated carbocycles. The molecule has 0 aliphatic rings. The quantitative estimate of drug-likeness (QED) is 0.344. The monoisotopic (exact) mass is 397 g/mol. The highest BCUT2D eigenvalue weighted by Gasteiger charge is 2.18. The molecule has 3 aromatic carbocycles. The fourth-order valence-corrected chi connectivity index (χ4v) is 4.35. The van der Waals surface area contributed by atoms with Crippen LogP contribution in [0.4, 0.5) is 0 Å². The van der Waals surface area contributed by atoms with Gasteiger partial charge in [-0.2, -0.15) is 5.26 Å². The zero-order chi connectivity index (χ0) is 20.2. The predicted octanol–water partition coefficient (Wildman–Crippen LogP) is 5.17. The molecule has 4 aromatic rings. The number of hydrogen-bond acceptors (Lipinski definition) is 4. The Morgan fingerprint density at radius 1 is 1.03 bits per heavy atom. The second-order valence-electron chi connectivity index (χ2n) is 6.77. The Morgan fingerprint density at radius 2 is 1.79 bits per heavy atom. The van der Waals surface area contributed by atoms with Gasteiger partial charge < -0.3 is 0 Å². The summed E-state index contributed by atoms with van der Waals surface area (Å²) in [6.45, 7) is 2.02. The molecule has 1 atom stereocenters. The fraction of sp³-hybridized carbons (Fsp3) is 0.125. The van der Waals surface area contributed by atoms with Crippen LogP contribution in [0.25, 0.3) is 10.9 Å². The summed E-state index contributed by atoms with van der Waals surface area (Å²) in [7, 11) is 0. The first kappa shape index (κ1) is 19.0. The first-order valence-corrected chi connectivity index (χ1v) is 10.3. The van der Waals surface area contributed by atoms with Crippen molar-refractivity contribution in [2.45, 2.75) is 23.9 Å². The van der Waals surface area contributed by atoms with E-state index in [1.807, 2.05) is 79.7 Å². The standard InChI is InChI=1S/C24H19N3OS/c1-17(20-10-3-2-4-11-20)27-23(28)21-12-5-6-13-22(21)26-24(27)29-16-19-9-7-8-18(14-19)15-25/h2-14,17H,16H2,1H3/t17-/m0/s1. The minimum absolute atomic E-state index is 0.0415. The Hall–Kier alpha value is -3.36. The van der Waals surface area contributed by atoms with Crippen LogP contribution in [0.5, 0.6) is 0 Å². The van der Waals surface area contributed by atoms with Gasteiger partial charge in [0.05, 0.1) is 28.6 Å². The Balaban J connectivity index is 1.79. The van der Waals surface area contributed by atoms with Crippen molar-refractivity contribution in [1.29, 1.82) is 5.26 Å². The van der Waals surface area contributed by atoms with Crippen LogP contribution in [0.2, 0.25) is 0 Å². The molecular formula is C24H19N3OS. The highest BCUT2D eigenvalue weighted by Crippen LogP contribution is 2.27. The molecule has 0 radical (unpaired) electrons. The summed E-state index contributed by atoms with van der Waals surface area (Å²) in [5.74, 6) is 0.627. The molecule has 0 aliphatic carbocycles. The first-order valence-electron chi connectivity index (χ1n) is 9.35. The molecular weight excluding hydrogens is 378 g/mol. The Morgan fingerprint density at radius 3 is 2.59 bits per heavy atom. The van der Waals surface area contributed by atoms with E-state index in [0.717, 1.165) is 11.1 Å². The summed E-state index contributed by atoms with van der Waals surface area (Å²) in [5.41, 5.74) is 3.36. The maximum atomic E-state index is 13.3. The number of thioether (sulfide) groups is 1. The average Bonchev–Trinajstić information content (AvgIpc) is 2.78. The van der Waals surface area contributed by atoms with E-state index in [9.17, 15) is 4.79 Å². The van der Waals surface area contributed by atoms with Crippen LogP contribution >= 0.6 is 11.8 Å². The van der Waals surface area contributed by atoms with Crippen LogP contribution < -0.4 is 5.56 Å². The van der Waals surface area contributed by atoms with E-state index in [2.05, 4.69) is 6.07 Å². The normalized spacial score (nSPS) is 11.9. The minimum Gasteiger partial charge on any atom is -0.280 e. The number of nitriles is 1. The van der Waals surface area contributed by atoms with Crippen LogP contribution in [0.1, 0.15) is 29.7 Å². The number of rotatable bonds is 5. The van der Waals surface area contributed by atoms with Crippen LogP contribution in [0.3, 0.4) is 0 Å². The Kier molecular flexibility index (Phi) is 5.46. The maximum Gasteiger partial charge on any atom is 0.262 e. The van der Waals surface area contributed by atoms with E-state index in [0.29, 0.717) is 27.4 Å². The van der Waals surface area contributed by atoms with Gasteiger partial charge in [-0.15, -0.1) is 0 Å². The number of hydrogen-bond donors (Lipinski definition) is 0. The molecule has 0 aliphatic heterocycles. The van der Waals surface area contributed by atoms with E-state index in [-0.39, 0.29) is 11.6 Å². The van der Waals surface area contributed by atoms with Crippen LogP contribution in [-0.4, -0.2) is 9.55 Å². The lowest BCUT2D eigenvalue weighted by Crippen LogP contribution is -2.27. The SMILES string of the molecule is C[C@@H](c1ccccc1)n1c(SCc2cccc(C#N)c2)nc2ccccc2c1=O. The van der Waals surface area contributed by atoms with Crippen molar-refractivity contribution < 1.29 is 0 Å². The molecule has 0 saturated heterocycles. The number of nitrogens with zero attached hydrogens (tertiary/aromatic N) is 3. The molecule has 1 aromatic heterocycles. The Bertz CT molecular complexity index is 1260. The molecule has 29 heavy (non-hydrogen) atoms. The highest BCUT2D eigenvalue weighted by atomic mass is 32.2. The summed E-state index contributed by atoms with van der Waals surface area (Å²) in [4.78, 5) is 18.1. The third kappa shape index (κ3) is 3.94. The van der Waals surface area contributed by atoms with Gasteiger partial charge in [-0.25, -0.2) is 4.98 Å². The van der Waals surface area contributed by atoms with E-state index in [1.165, 1.54) is 11.8 Å². The lowest BCUT2D eigenvalue weighted by molar-refractivity contribution is 0.548. The van der Waals surface area contributed by atoms with Crippen molar-refractivity contribution in [3.63, 3.8) is 0 Å². The fourth-order valence-electron chi connectivity index (χ4n) is 3.33. The van der Waals surface area contributed by atoms with Gasteiger partial charge in [0.15, 0.2) is 5.16 Å². The van der Waals surface area contributed by atoms with Crippen molar-refractivity contribution >= 4 is 22.7 Å². The number of benzene rings is 3. The summed E-state index contributed by atoms with van der Waals surface area (Å²) < 4.78 is 1.77. The van der Waals surface area contributed by atoms with E-state index >= 15 is 0 Å². The molecule has 0 bridgehead atoms. The molecule has 5 heteroatoms. The summed E-state index contributed by atoms with van der Waals surface area (Å²) in [6.07, 6.45) is 0. The Labute approximate surface area is 173 Å². The van der Waals surface area contributed by atoms with Gasteiger partial charge >= 0.3 is 0 Å². The predicted molar refractivity (Wildman–Crippen MR) is 117 cm³/mol. The molecule has 0 fully saturated rings. The second-order valence-corrected chi connectivity index (χ2v) is 7.72. The van der Waals surface area contributed by atoms with Crippen molar-refractivity contribution in [2.24, 2.45) is 0 Å². The van der Waals surface area contributed by atoms with Crippen molar-refractivity contribution in [3.05, 3.63) is 106 Å². The average molecular weight is 398 g/mol. The maximum absolute atomic E-state index is 13.3. The zero-order valence-corrected chi connectivity index (χ0v) is 16.8. The van der Waals surface area contributed by atoms with Crippen molar-refractivity contribution in [2.75, 3.05) is 0 Å². The summed E-state index contributed by atoms with van der Waals surface area (Å²) in [6, 6.07) is 27.0. The van der Waals surface area contributed by atoms with Gasteiger partial charge in [0.1, 0.15) is 0 Å². The third-order valence-corrected chi connectivity index (χ3v) is 5.89. The van der Waals surface area contributed by atoms with Crippen molar-refractivity contribution in [3.8, 4) is 6.07 Å². The van der Waals surface area contributed by atoms with E-state index in [1.54, 1.807) is 10.6 Å². The molecule has 0 amide bonds. The van der Waals surface area contributed by atoms with Gasteiger partial charge in [0.2, 0.25) is 0 Å². The van der Waals surface area contributed by atoms with E-state index < -0.39 is 0 Å². The third-order valence-electron chi connectivity index (χ3n) is 4.87. The number of fused-ring (bicyclic) bond motifs is 1. The minimum atomic E-state index is -0.145. The molecule has 142 valence electrons. The topological polar surface area (TPSA) is 58.7 Å². The second kappa shape index (κ2) is 8.34. The molecule has 4 nitrogen and oxygen atoms in total. The van der Waals surface area contributed by atoms with Crippen molar-refractivity contribution in [1.82, 2.24) is 9.55 Å². The van der Waals surface area contributed by atoms with Crippen LogP contribution in [0.15, 0.2) is 88.8 Å². The molecule has 0 N–H and O–H groups in total.